The molecule has 2 aromatic carbocycles. The van der Waals surface area contributed by atoms with Gasteiger partial charge in [-0.05, 0) is 80.8 Å². The summed E-state index contributed by atoms with van der Waals surface area (Å²) < 4.78 is 35.5. The first kappa shape index (κ1) is 81.4. The molecule has 3 unspecified atom stereocenters. The zero-order valence-corrected chi connectivity index (χ0v) is 54.6. The molecule has 3 atom stereocenters. The molecule has 2 heterocycles. The topological polar surface area (TPSA) is 544 Å². The second-order valence-corrected chi connectivity index (χ2v) is 23.7. The minimum absolute atomic E-state index is 0. The molecule has 2 aliphatic heterocycles. The number of carbonyl (C=O) groups is 15. The van der Waals surface area contributed by atoms with Crippen molar-refractivity contribution in [3.05, 3.63) is 75.4 Å². The summed E-state index contributed by atoms with van der Waals surface area (Å²) >= 11 is 0. The van der Waals surface area contributed by atoms with Crippen molar-refractivity contribution in [3.8, 4) is 28.2 Å². The number of phenolic OH excluding ortho intramolecular Hbond substituents is 1. The number of hydrogen-bond acceptors (Lipinski definition) is 21. The molecule has 3 aliphatic rings. The van der Waals surface area contributed by atoms with E-state index >= 15 is 0 Å². The van der Waals surface area contributed by atoms with Gasteiger partial charge >= 0.3 is 59.7 Å². The van der Waals surface area contributed by atoms with Crippen LogP contribution in [-0.4, -0.2) is 296 Å². The van der Waals surface area contributed by atoms with Crippen LogP contribution in [0.1, 0.15) is 99.2 Å². The fraction of sp³-hybridized carbons (Fsp3) is 0.469. The number of aliphatic carboxylic acids is 9. The molecule has 0 spiro atoms. The Balaban J connectivity index is 0.0000225. The van der Waals surface area contributed by atoms with Gasteiger partial charge in [-0.25, -0.2) is 13.6 Å². The summed E-state index contributed by atoms with van der Waals surface area (Å²) in [5.74, 6) is -23.5. The van der Waals surface area contributed by atoms with Crippen molar-refractivity contribution in [1.82, 2.24) is 39.6 Å². The van der Waals surface area contributed by atoms with E-state index in [2.05, 4.69) is 5.32 Å². The summed E-state index contributed by atoms with van der Waals surface area (Å²) in [6, 6.07) is 1.03. The Morgan fingerprint density at radius 2 is 0.863 bits per heavy atom. The zero-order valence-electron chi connectivity index (χ0n) is 54.6. The normalized spacial score (nSPS) is 14.2. The van der Waals surface area contributed by atoms with E-state index in [0.29, 0.717) is 14.7 Å². The quantitative estimate of drug-likeness (QED) is 0.0223. The van der Waals surface area contributed by atoms with Crippen LogP contribution in [0.2, 0.25) is 0 Å². The molecule has 1 saturated heterocycles. The number of aromatic carboxylic acids is 1. The highest BCUT2D eigenvalue weighted by molar-refractivity contribution is 6.09. The third-order valence-corrected chi connectivity index (χ3v) is 16.5. The van der Waals surface area contributed by atoms with E-state index in [1.807, 2.05) is 0 Å². The number of phenols is 1. The third-order valence-electron chi connectivity index (χ3n) is 16.5. The number of halogens is 2. The second kappa shape index (κ2) is 38.3. The molecule has 1 aliphatic carbocycles. The molecule has 0 bridgehead atoms. The number of hydrogen-bond donors (Lipinski definition) is 12. The van der Waals surface area contributed by atoms with E-state index in [-0.39, 0.29) is 125 Å². The number of carbonyl (C=O) groups excluding carboxylic acids is 5. The third kappa shape index (κ3) is 24.3. The molecule has 36 nitrogen and oxygen atoms in total. The molecule has 102 heavy (non-hydrogen) atoms. The average Bonchev–Trinajstić information content (AvgIpc) is 0.740. The van der Waals surface area contributed by atoms with E-state index < -0.39 is 227 Å². The minimum Gasteiger partial charge on any atom is -0.505 e. The number of nitrogens with one attached hydrogen (secondary N) is 1. The fourth-order valence-electron chi connectivity index (χ4n) is 11.7. The van der Waals surface area contributed by atoms with Gasteiger partial charge in [0.2, 0.25) is 29.1 Å². The van der Waals surface area contributed by atoms with Gasteiger partial charge < -0.3 is 85.5 Å². The number of unbranched alkanes of at least 4 members (excludes halogenated alkanes) is 2. The standard InChI is InChI=1S/C64H76F2N8O28.H2/c65-40-25-38-47(27-45(40)75)102-48-28-46(76)41(66)26-39(48)59(38)37-24-35(7-8-36(37)61(94)95)60(93)67-15-3-1-2-6-49(77)68-16-4-17-70(51(79)13-10-43(63(98)99)73(31-55(85)86)32-56(87)88)22-23-71(52(80)14-11-44(64(100)101)74(33-57(89)90)34-58(91)92)19-5-18-69(21-20-68)50(78)12-9-42(62(96)97)72(29-53(81)82)30-54(83)84;/h7-8,24-28,42-44,75H,1-6,9-23,29-34H2,(H,67,93)(H,81,82)(H,83,84)(H,85,86)(H,87,88)(H,89,90)(H,91,92)(H,94,95)(H,96,97)(H,98,99)(H,100,101);1H. The van der Waals surface area contributed by atoms with Gasteiger partial charge in [-0.3, -0.25) is 86.6 Å². The van der Waals surface area contributed by atoms with Crippen molar-refractivity contribution in [1.29, 1.82) is 0 Å². The van der Waals surface area contributed by atoms with Gasteiger partial charge in [0, 0.05) is 120 Å². The Bertz CT molecular complexity index is 3830. The number of fused-ring (bicyclic) bond motifs is 2. The second-order valence-electron chi connectivity index (χ2n) is 23.7. The van der Waals surface area contributed by atoms with E-state index in [1.54, 1.807) is 0 Å². The van der Waals surface area contributed by atoms with Crippen LogP contribution in [0.25, 0.3) is 33.4 Å². The van der Waals surface area contributed by atoms with Gasteiger partial charge in [0.25, 0.3) is 5.91 Å². The van der Waals surface area contributed by atoms with Crippen LogP contribution in [0.3, 0.4) is 0 Å². The number of carboxylic acid groups (broad SMARTS) is 10. The molecule has 0 aromatic heterocycles. The lowest BCUT2D eigenvalue weighted by molar-refractivity contribution is -0.152. The van der Waals surface area contributed by atoms with Crippen LogP contribution < -0.4 is 10.7 Å². The summed E-state index contributed by atoms with van der Waals surface area (Å²) in [5.41, 5.74) is -2.51. The van der Waals surface area contributed by atoms with Crippen LogP contribution in [0.15, 0.2) is 51.7 Å². The molecule has 12 N–H and O–H groups in total. The van der Waals surface area contributed by atoms with E-state index in [4.69, 9.17) is 4.42 Å². The zero-order chi connectivity index (χ0) is 75.8. The number of nitrogens with zero attached hydrogens (tertiary/aromatic N) is 7. The van der Waals surface area contributed by atoms with Crippen molar-refractivity contribution in [3.63, 3.8) is 0 Å². The van der Waals surface area contributed by atoms with Crippen LogP contribution in [0.5, 0.6) is 5.75 Å². The first-order chi connectivity index (χ1) is 48.1. The number of aromatic hydroxyl groups is 1. The first-order valence-electron chi connectivity index (χ1n) is 31.6. The van der Waals surface area contributed by atoms with Crippen LogP contribution in [-0.2, 0) is 62.3 Å². The Labute approximate surface area is 577 Å². The summed E-state index contributed by atoms with van der Waals surface area (Å²) in [5, 5.41) is 110. The highest BCUT2D eigenvalue weighted by Gasteiger charge is 2.35. The largest absolute Gasteiger partial charge is 0.505 e. The SMILES string of the molecule is O=C(O)CN(CC(=O)O)C(CCC(=O)N1CCCN(C(=O)CCC(C(=O)O)N(CC(=O)O)CC(=O)O)CCN(C(=O)CCC(C(=O)O)N(CC(=O)O)CC(=O)O)CCCN(C(=O)CCCCCNC(=O)c2ccc(C(=O)O)c(-c3c4cc(F)c(=O)cc-4oc4cc(O)c(F)cc34)c2)CC1)C(=O)O.[HH]. The maximum Gasteiger partial charge on any atom is 0.336 e. The predicted molar refractivity (Wildman–Crippen MR) is 344 cm³/mol. The average molecular weight is 1450 g/mol. The van der Waals surface area contributed by atoms with Crippen molar-refractivity contribution in [2.75, 3.05) is 98.2 Å². The molecular formula is C64H78F2N8O28. The smallest absolute Gasteiger partial charge is 0.336 e. The van der Waals surface area contributed by atoms with Gasteiger partial charge in [-0.2, -0.15) is 0 Å². The number of rotatable bonds is 36. The van der Waals surface area contributed by atoms with Crippen molar-refractivity contribution in [2.24, 2.45) is 0 Å². The summed E-state index contributed by atoms with van der Waals surface area (Å²) in [4.78, 5) is 210. The maximum atomic E-state index is 14.9. The molecule has 38 heteroatoms. The Hall–Kier alpha value is -11.3. The van der Waals surface area contributed by atoms with Gasteiger partial charge in [-0.1, -0.05) is 6.42 Å². The highest BCUT2D eigenvalue weighted by atomic mass is 19.1. The lowest BCUT2D eigenvalue weighted by Crippen LogP contribution is -2.49. The Morgan fingerprint density at radius 3 is 1.24 bits per heavy atom. The number of benzene rings is 3. The lowest BCUT2D eigenvalue weighted by Gasteiger charge is -2.33. The van der Waals surface area contributed by atoms with Crippen molar-refractivity contribution in [2.45, 2.75) is 95.2 Å². The molecule has 2 aromatic rings. The molecule has 5 amide bonds. The maximum absolute atomic E-state index is 14.9. The molecular weight excluding hydrogens is 1370 g/mol. The number of carboxylic acids is 10. The molecule has 0 radical (unpaired) electrons. The molecule has 556 valence electrons. The highest BCUT2D eigenvalue weighted by Crippen LogP contribution is 2.43. The van der Waals surface area contributed by atoms with Gasteiger partial charge in [0.05, 0.1) is 44.8 Å². The van der Waals surface area contributed by atoms with Crippen LogP contribution in [0.4, 0.5) is 8.78 Å². The van der Waals surface area contributed by atoms with Crippen molar-refractivity contribution >= 4 is 100 Å². The molecule has 5 rings (SSSR count). The minimum atomic E-state index is -1.86. The van der Waals surface area contributed by atoms with E-state index in [1.165, 1.54) is 15.9 Å². The van der Waals surface area contributed by atoms with Gasteiger partial charge in [0.15, 0.2) is 17.4 Å². The van der Waals surface area contributed by atoms with Crippen LogP contribution >= 0.6 is 0 Å². The van der Waals surface area contributed by atoms with E-state index in [9.17, 15) is 142 Å². The monoisotopic (exact) mass is 1440 g/mol. The molecule has 1 fully saturated rings. The lowest BCUT2D eigenvalue weighted by atomic mass is 9.89. The van der Waals surface area contributed by atoms with Gasteiger partial charge in [0.1, 0.15) is 29.5 Å². The van der Waals surface area contributed by atoms with Crippen LogP contribution in [0, 0.1) is 11.6 Å². The fourth-order valence-corrected chi connectivity index (χ4v) is 11.7. The Morgan fingerprint density at radius 1 is 0.471 bits per heavy atom. The predicted octanol–water partition coefficient (Wildman–Crippen LogP) is 1.00. The van der Waals surface area contributed by atoms with E-state index in [0.717, 1.165) is 46.2 Å². The van der Waals surface area contributed by atoms with Crippen molar-refractivity contribution < 1.29 is 143 Å². The number of amides is 5. The Kier molecular flexibility index (Phi) is 30.6. The van der Waals surface area contributed by atoms with Gasteiger partial charge in [-0.15, -0.1) is 0 Å². The summed E-state index contributed by atoms with van der Waals surface area (Å²) in [6.07, 6.45) is -3.85. The molecule has 0 saturated carbocycles. The summed E-state index contributed by atoms with van der Waals surface area (Å²) in [7, 11) is 0. The first-order valence-corrected chi connectivity index (χ1v) is 31.6. The summed E-state index contributed by atoms with van der Waals surface area (Å²) in [6.45, 7) is -8.99.